The molecule has 2 nitrogen and oxygen atoms in total. The maximum Gasteiger partial charge on any atom is 0.0370 e. The van der Waals surface area contributed by atoms with Crippen LogP contribution >= 0.6 is 28.6 Å². The second kappa shape index (κ2) is 6.83. The van der Waals surface area contributed by atoms with Crippen molar-refractivity contribution < 1.29 is 0 Å². The average Bonchev–Trinajstić information content (AvgIpc) is 2.40. The molecule has 0 spiro atoms. The first kappa shape index (κ1) is 14.2. The Morgan fingerprint density at radius 3 is 2.56 bits per heavy atom. The molecule has 1 aromatic carbocycles. The van der Waals surface area contributed by atoms with Crippen LogP contribution in [0.2, 0.25) is 0 Å². The van der Waals surface area contributed by atoms with Gasteiger partial charge in [-0.25, -0.2) is 0 Å². The van der Waals surface area contributed by atoms with E-state index in [0.717, 1.165) is 18.8 Å². The lowest BCUT2D eigenvalue weighted by molar-refractivity contribution is 0.259. The van der Waals surface area contributed by atoms with Gasteiger partial charge in [0.05, 0.1) is 0 Å². The maximum atomic E-state index is 4.27. The summed E-state index contributed by atoms with van der Waals surface area (Å²) in [4.78, 5) is 5.02. The van der Waals surface area contributed by atoms with E-state index in [4.69, 9.17) is 0 Å². The number of anilines is 1. The summed E-state index contributed by atoms with van der Waals surface area (Å²) in [6.07, 6.45) is 1.19. The Balaban J connectivity index is 1.90. The number of rotatable bonds is 4. The van der Waals surface area contributed by atoms with Gasteiger partial charge in [0.1, 0.15) is 0 Å². The fourth-order valence-corrected chi connectivity index (χ4v) is 2.74. The van der Waals surface area contributed by atoms with Crippen LogP contribution in [0.25, 0.3) is 0 Å². The molecule has 0 amide bonds. The predicted molar refractivity (Wildman–Crippen MR) is 86.0 cm³/mol. The molecule has 1 fully saturated rings. The molecule has 4 heteroatoms. The summed E-state index contributed by atoms with van der Waals surface area (Å²) in [6, 6.07) is 6.63. The number of hydrogen-bond donors (Lipinski definition) is 1. The zero-order valence-electron chi connectivity index (χ0n) is 10.9. The first-order chi connectivity index (χ1) is 8.70. The SMILES string of the molecule is Cc1cc(N2CCN(CCCS)CC2)ccc1Br. The Labute approximate surface area is 124 Å². The van der Waals surface area contributed by atoms with Crippen molar-refractivity contribution in [1.82, 2.24) is 4.90 Å². The molecular formula is C14H21BrN2S. The molecule has 0 unspecified atom stereocenters. The van der Waals surface area contributed by atoms with E-state index >= 15 is 0 Å². The Morgan fingerprint density at radius 2 is 1.94 bits per heavy atom. The van der Waals surface area contributed by atoms with Gasteiger partial charge in [0.25, 0.3) is 0 Å². The first-order valence-corrected chi connectivity index (χ1v) is 7.97. The van der Waals surface area contributed by atoms with Crippen molar-refractivity contribution in [3.63, 3.8) is 0 Å². The summed E-state index contributed by atoms with van der Waals surface area (Å²) in [5.41, 5.74) is 2.66. The van der Waals surface area contributed by atoms with Crippen LogP contribution in [0.5, 0.6) is 0 Å². The molecule has 1 aliphatic rings. The number of benzene rings is 1. The van der Waals surface area contributed by atoms with Gasteiger partial charge in [-0.3, -0.25) is 4.90 Å². The number of aryl methyl sites for hydroxylation is 1. The molecule has 0 N–H and O–H groups in total. The van der Waals surface area contributed by atoms with Crippen molar-refractivity contribution in [2.24, 2.45) is 0 Å². The van der Waals surface area contributed by atoms with E-state index in [-0.39, 0.29) is 0 Å². The molecule has 0 bridgehead atoms. The zero-order chi connectivity index (χ0) is 13.0. The third-order valence-corrected chi connectivity index (χ3v) is 4.72. The normalized spacial score (nSPS) is 17.2. The summed E-state index contributed by atoms with van der Waals surface area (Å²) in [5.74, 6) is 0.992. The number of halogens is 1. The van der Waals surface area contributed by atoms with Crippen molar-refractivity contribution in [1.29, 1.82) is 0 Å². The molecule has 18 heavy (non-hydrogen) atoms. The van der Waals surface area contributed by atoms with Crippen molar-refractivity contribution >= 4 is 34.2 Å². The Hall–Kier alpha value is -0.190. The van der Waals surface area contributed by atoms with E-state index in [1.54, 1.807) is 0 Å². The third kappa shape index (κ3) is 3.65. The number of thiol groups is 1. The zero-order valence-corrected chi connectivity index (χ0v) is 13.4. The molecule has 0 radical (unpaired) electrons. The second-order valence-corrected chi connectivity index (χ2v) is 6.14. The molecular weight excluding hydrogens is 308 g/mol. The Bertz CT molecular complexity index is 389. The van der Waals surface area contributed by atoms with Gasteiger partial charge in [-0.2, -0.15) is 12.6 Å². The molecule has 0 aliphatic carbocycles. The topological polar surface area (TPSA) is 6.48 Å². The largest absolute Gasteiger partial charge is 0.369 e. The highest BCUT2D eigenvalue weighted by Crippen LogP contribution is 2.23. The summed E-state index contributed by atoms with van der Waals surface area (Å²) in [7, 11) is 0. The summed E-state index contributed by atoms with van der Waals surface area (Å²) < 4.78 is 1.19. The van der Waals surface area contributed by atoms with E-state index in [1.165, 1.54) is 41.8 Å². The van der Waals surface area contributed by atoms with E-state index in [0.29, 0.717) is 0 Å². The van der Waals surface area contributed by atoms with Crippen LogP contribution in [0.4, 0.5) is 5.69 Å². The minimum atomic E-state index is 0.992. The van der Waals surface area contributed by atoms with Crippen LogP contribution in [0, 0.1) is 6.92 Å². The highest BCUT2D eigenvalue weighted by atomic mass is 79.9. The van der Waals surface area contributed by atoms with Gasteiger partial charge in [0.15, 0.2) is 0 Å². The quantitative estimate of drug-likeness (QED) is 0.848. The molecule has 100 valence electrons. The van der Waals surface area contributed by atoms with E-state index in [9.17, 15) is 0 Å². The second-order valence-electron chi connectivity index (χ2n) is 4.84. The van der Waals surface area contributed by atoms with Gasteiger partial charge in [0.2, 0.25) is 0 Å². The Kier molecular flexibility index (Phi) is 5.39. The lowest BCUT2D eigenvalue weighted by Crippen LogP contribution is -2.46. The lowest BCUT2D eigenvalue weighted by atomic mass is 10.2. The van der Waals surface area contributed by atoms with E-state index in [2.05, 4.69) is 63.5 Å². The van der Waals surface area contributed by atoms with Gasteiger partial charge < -0.3 is 4.90 Å². The summed E-state index contributed by atoms with van der Waals surface area (Å²) in [5, 5.41) is 0. The van der Waals surface area contributed by atoms with Crippen LogP contribution in [0.1, 0.15) is 12.0 Å². The third-order valence-electron chi connectivity index (χ3n) is 3.51. The van der Waals surface area contributed by atoms with Crippen molar-refractivity contribution in [3.8, 4) is 0 Å². The van der Waals surface area contributed by atoms with E-state index < -0.39 is 0 Å². The number of hydrogen-bond acceptors (Lipinski definition) is 3. The molecule has 2 rings (SSSR count). The minimum Gasteiger partial charge on any atom is -0.369 e. The van der Waals surface area contributed by atoms with Crippen LogP contribution in [0.3, 0.4) is 0 Å². The maximum absolute atomic E-state index is 4.27. The number of nitrogens with zero attached hydrogens (tertiary/aromatic N) is 2. The minimum absolute atomic E-state index is 0.992. The number of piperazine rings is 1. The smallest absolute Gasteiger partial charge is 0.0370 e. The van der Waals surface area contributed by atoms with Crippen LogP contribution < -0.4 is 4.90 Å². The van der Waals surface area contributed by atoms with Gasteiger partial charge in [-0.15, -0.1) is 0 Å². The van der Waals surface area contributed by atoms with Gasteiger partial charge >= 0.3 is 0 Å². The molecule has 0 aromatic heterocycles. The highest BCUT2D eigenvalue weighted by Gasteiger charge is 2.16. The van der Waals surface area contributed by atoms with Gasteiger partial charge in [-0.05, 0) is 49.4 Å². The highest BCUT2D eigenvalue weighted by molar-refractivity contribution is 9.10. The average molecular weight is 329 g/mol. The molecule has 1 aromatic rings. The lowest BCUT2D eigenvalue weighted by Gasteiger charge is -2.36. The molecule has 0 atom stereocenters. The van der Waals surface area contributed by atoms with Gasteiger partial charge in [0, 0.05) is 36.3 Å². The van der Waals surface area contributed by atoms with Crippen molar-refractivity contribution in [2.45, 2.75) is 13.3 Å². The van der Waals surface area contributed by atoms with Crippen LogP contribution in [-0.2, 0) is 0 Å². The van der Waals surface area contributed by atoms with Crippen molar-refractivity contribution in [3.05, 3.63) is 28.2 Å². The predicted octanol–water partition coefficient (Wildman–Crippen LogP) is 3.20. The van der Waals surface area contributed by atoms with E-state index in [1.807, 2.05) is 0 Å². The summed E-state index contributed by atoms with van der Waals surface area (Å²) >= 11 is 7.83. The standard InChI is InChI=1S/C14H21BrN2S/c1-12-11-13(3-4-14(12)15)17-8-6-16(7-9-17)5-2-10-18/h3-4,11,18H,2,5-10H2,1H3. The van der Waals surface area contributed by atoms with Crippen molar-refractivity contribution in [2.75, 3.05) is 43.4 Å². The van der Waals surface area contributed by atoms with Crippen LogP contribution in [0.15, 0.2) is 22.7 Å². The van der Waals surface area contributed by atoms with Crippen LogP contribution in [-0.4, -0.2) is 43.4 Å². The molecule has 1 aliphatic heterocycles. The molecule has 1 saturated heterocycles. The Morgan fingerprint density at radius 1 is 1.22 bits per heavy atom. The summed E-state index contributed by atoms with van der Waals surface area (Å²) in [6.45, 7) is 7.94. The first-order valence-electron chi connectivity index (χ1n) is 6.55. The fraction of sp³-hybridized carbons (Fsp3) is 0.571. The van der Waals surface area contributed by atoms with Gasteiger partial charge in [-0.1, -0.05) is 15.9 Å². The molecule has 1 heterocycles. The monoisotopic (exact) mass is 328 g/mol. The fourth-order valence-electron chi connectivity index (χ4n) is 2.35. The molecule has 0 saturated carbocycles.